The summed E-state index contributed by atoms with van der Waals surface area (Å²) in [5.74, 6) is -0.109. The molecule has 0 atom stereocenters. The number of amides is 1. The van der Waals surface area contributed by atoms with Gasteiger partial charge < -0.3 is 10.1 Å². The lowest BCUT2D eigenvalue weighted by atomic mass is 10.1. The van der Waals surface area contributed by atoms with Gasteiger partial charge in [0, 0.05) is 17.7 Å². The van der Waals surface area contributed by atoms with Crippen LogP contribution in [0.5, 0.6) is 0 Å². The summed E-state index contributed by atoms with van der Waals surface area (Å²) in [5.41, 5.74) is 3.60. The predicted octanol–water partition coefficient (Wildman–Crippen LogP) is 4.25. The van der Waals surface area contributed by atoms with Gasteiger partial charge in [0.05, 0.1) is 0 Å². The van der Waals surface area contributed by atoms with E-state index in [2.05, 4.69) is 5.32 Å². The van der Waals surface area contributed by atoms with Gasteiger partial charge in [-0.2, -0.15) is 0 Å². The molecule has 0 saturated carbocycles. The van der Waals surface area contributed by atoms with Crippen LogP contribution in [0, 0.1) is 0 Å². The zero-order valence-corrected chi connectivity index (χ0v) is 13.3. The van der Waals surface area contributed by atoms with Crippen LogP contribution < -0.4 is 5.32 Å². The number of anilines is 1. The van der Waals surface area contributed by atoms with Crippen molar-refractivity contribution in [2.45, 2.75) is 26.2 Å². The second-order valence-corrected chi connectivity index (χ2v) is 5.45. The van der Waals surface area contributed by atoms with Crippen LogP contribution in [0.2, 0.25) is 0 Å². The van der Waals surface area contributed by atoms with Crippen molar-refractivity contribution in [3.63, 3.8) is 0 Å². The first-order valence-electron chi connectivity index (χ1n) is 7.76. The zero-order chi connectivity index (χ0) is 16.5. The second kappa shape index (κ2) is 8.69. The molecule has 0 spiro atoms. The summed E-state index contributed by atoms with van der Waals surface area (Å²) < 4.78 is 0. The Hall–Kier alpha value is -2.68. The lowest BCUT2D eigenvalue weighted by Gasteiger charge is -2.07. The molecule has 2 aromatic rings. The SMILES string of the molecule is C/C(=C\c1ccccc1)C(=O)Nc1ccc(CCCC=O)cc1. The fourth-order valence-electron chi connectivity index (χ4n) is 2.24. The minimum absolute atomic E-state index is 0.109. The van der Waals surface area contributed by atoms with E-state index in [1.165, 1.54) is 5.56 Å². The van der Waals surface area contributed by atoms with Crippen molar-refractivity contribution in [1.82, 2.24) is 0 Å². The summed E-state index contributed by atoms with van der Waals surface area (Å²) in [6.45, 7) is 1.80. The molecular formula is C20H21NO2. The summed E-state index contributed by atoms with van der Waals surface area (Å²) in [7, 11) is 0. The van der Waals surface area contributed by atoms with E-state index in [0.717, 1.165) is 30.4 Å². The maximum absolute atomic E-state index is 12.2. The highest BCUT2D eigenvalue weighted by molar-refractivity contribution is 6.06. The van der Waals surface area contributed by atoms with E-state index in [0.29, 0.717) is 12.0 Å². The summed E-state index contributed by atoms with van der Waals surface area (Å²) in [5, 5.41) is 2.89. The first-order chi connectivity index (χ1) is 11.2. The molecule has 1 amide bonds. The van der Waals surface area contributed by atoms with E-state index in [1.807, 2.05) is 60.7 Å². The van der Waals surface area contributed by atoms with Crippen LogP contribution in [0.3, 0.4) is 0 Å². The van der Waals surface area contributed by atoms with Crippen molar-refractivity contribution in [2.24, 2.45) is 0 Å². The Labute approximate surface area is 137 Å². The van der Waals surface area contributed by atoms with Gasteiger partial charge in [0.2, 0.25) is 0 Å². The topological polar surface area (TPSA) is 46.2 Å². The summed E-state index contributed by atoms with van der Waals surface area (Å²) >= 11 is 0. The predicted molar refractivity (Wildman–Crippen MR) is 94.2 cm³/mol. The highest BCUT2D eigenvalue weighted by atomic mass is 16.1. The van der Waals surface area contributed by atoms with Gasteiger partial charge in [0.25, 0.3) is 5.91 Å². The molecule has 2 aromatic carbocycles. The summed E-state index contributed by atoms with van der Waals surface area (Å²) in [6, 6.07) is 17.5. The van der Waals surface area contributed by atoms with Gasteiger partial charge in [-0.1, -0.05) is 42.5 Å². The van der Waals surface area contributed by atoms with Crippen molar-refractivity contribution >= 4 is 24.0 Å². The van der Waals surface area contributed by atoms with Gasteiger partial charge in [0.1, 0.15) is 6.29 Å². The number of unbranched alkanes of at least 4 members (excludes halogenated alkanes) is 1. The summed E-state index contributed by atoms with van der Waals surface area (Å²) in [4.78, 5) is 22.5. The minimum atomic E-state index is -0.109. The highest BCUT2D eigenvalue weighted by Crippen LogP contribution is 2.14. The van der Waals surface area contributed by atoms with Crippen LogP contribution >= 0.6 is 0 Å². The molecule has 23 heavy (non-hydrogen) atoms. The Morgan fingerprint density at radius 1 is 1.04 bits per heavy atom. The normalized spacial score (nSPS) is 11.1. The Balaban J connectivity index is 1.94. The number of carbonyl (C=O) groups excluding carboxylic acids is 2. The maximum atomic E-state index is 12.2. The van der Waals surface area contributed by atoms with Crippen LogP contribution in [0.15, 0.2) is 60.2 Å². The Bertz CT molecular complexity index is 673. The van der Waals surface area contributed by atoms with Gasteiger partial charge in [-0.05, 0) is 49.1 Å². The average molecular weight is 307 g/mol. The molecule has 0 saturated heterocycles. The lowest BCUT2D eigenvalue weighted by molar-refractivity contribution is -0.112. The average Bonchev–Trinajstić information content (AvgIpc) is 2.57. The largest absolute Gasteiger partial charge is 0.322 e. The summed E-state index contributed by atoms with van der Waals surface area (Å²) in [6.07, 6.45) is 5.12. The standard InChI is InChI=1S/C20H21NO2/c1-16(15-18-8-3-2-4-9-18)20(23)21-19-12-10-17(11-13-19)7-5-6-14-22/h2-4,8-15H,5-7H2,1H3,(H,21,23)/b16-15+. The molecule has 0 aromatic heterocycles. The molecule has 0 fully saturated rings. The molecule has 1 N–H and O–H groups in total. The first-order valence-corrected chi connectivity index (χ1v) is 7.76. The quantitative estimate of drug-likeness (QED) is 0.472. The van der Waals surface area contributed by atoms with Crippen molar-refractivity contribution in [3.05, 3.63) is 71.3 Å². The smallest absolute Gasteiger partial charge is 0.251 e. The van der Waals surface area contributed by atoms with Gasteiger partial charge in [0.15, 0.2) is 0 Å². The fourth-order valence-corrected chi connectivity index (χ4v) is 2.24. The number of rotatable bonds is 7. The molecular weight excluding hydrogens is 286 g/mol. The molecule has 0 aliphatic heterocycles. The number of hydrogen-bond acceptors (Lipinski definition) is 2. The highest BCUT2D eigenvalue weighted by Gasteiger charge is 2.05. The third kappa shape index (κ3) is 5.55. The van der Waals surface area contributed by atoms with Crippen molar-refractivity contribution in [3.8, 4) is 0 Å². The number of aldehydes is 1. The molecule has 0 heterocycles. The van der Waals surface area contributed by atoms with Crippen LogP contribution in [0.4, 0.5) is 5.69 Å². The molecule has 0 unspecified atom stereocenters. The van der Waals surface area contributed by atoms with E-state index in [4.69, 9.17) is 0 Å². The number of carbonyl (C=O) groups is 2. The Morgan fingerprint density at radius 2 is 1.74 bits per heavy atom. The van der Waals surface area contributed by atoms with Crippen LogP contribution in [0.25, 0.3) is 6.08 Å². The van der Waals surface area contributed by atoms with E-state index < -0.39 is 0 Å². The molecule has 0 aliphatic rings. The van der Waals surface area contributed by atoms with Crippen molar-refractivity contribution in [1.29, 1.82) is 0 Å². The number of benzene rings is 2. The molecule has 0 bridgehead atoms. The van der Waals surface area contributed by atoms with E-state index in [1.54, 1.807) is 6.92 Å². The third-order valence-electron chi connectivity index (χ3n) is 3.54. The molecule has 0 aliphatic carbocycles. The Morgan fingerprint density at radius 3 is 2.39 bits per heavy atom. The van der Waals surface area contributed by atoms with Crippen LogP contribution in [-0.4, -0.2) is 12.2 Å². The minimum Gasteiger partial charge on any atom is -0.322 e. The molecule has 2 rings (SSSR count). The number of hydrogen-bond donors (Lipinski definition) is 1. The maximum Gasteiger partial charge on any atom is 0.251 e. The third-order valence-corrected chi connectivity index (χ3v) is 3.54. The molecule has 3 heteroatoms. The van der Waals surface area contributed by atoms with E-state index >= 15 is 0 Å². The van der Waals surface area contributed by atoms with E-state index in [9.17, 15) is 9.59 Å². The first kappa shape index (κ1) is 16.7. The van der Waals surface area contributed by atoms with Crippen LogP contribution in [-0.2, 0) is 16.0 Å². The van der Waals surface area contributed by atoms with E-state index in [-0.39, 0.29) is 5.91 Å². The lowest BCUT2D eigenvalue weighted by Crippen LogP contribution is -2.12. The zero-order valence-electron chi connectivity index (χ0n) is 13.3. The van der Waals surface area contributed by atoms with Crippen molar-refractivity contribution < 1.29 is 9.59 Å². The van der Waals surface area contributed by atoms with Gasteiger partial charge in [-0.25, -0.2) is 0 Å². The molecule has 118 valence electrons. The van der Waals surface area contributed by atoms with Crippen LogP contribution in [0.1, 0.15) is 30.9 Å². The van der Waals surface area contributed by atoms with Crippen molar-refractivity contribution in [2.75, 3.05) is 5.32 Å². The second-order valence-electron chi connectivity index (χ2n) is 5.45. The number of aryl methyl sites for hydroxylation is 1. The fraction of sp³-hybridized carbons (Fsp3) is 0.200. The number of nitrogens with one attached hydrogen (secondary N) is 1. The van der Waals surface area contributed by atoms with Gasteiger partial charge in [-0.15, -0.1) is 0 Å². The van der Waals surface area contributed by atoms with Gasteiger partial charge in [-0.3, -0.25) is 4.79 Å². The molecule has 3 nitrogen and oxygen atoms in total. The monoisotopic (exact) mass is 307 g/mol. The molecule has 0 radical (unpaired) electrons. The van der Waals surface area contributed by atoms with Gasteiger partial charge >= 0.3 is 0 Å². The Kier molecular flexibility index (Phi) is 6.30.